The van der Waals surface area contributed by atoms with E-state index >= 15 is 0 Å². The predicted octanol–water partition coefficient (Wildman–Crippen LogP) is 3.60. The molecule has 25 heavy (non-hydrogen) atoms. The first kappa shape index (κ1) is 17.2. The Labute approximate surface area is 147 Å². The highest BCUT2D eigenvalue weighted by Crippen LogP contribution is 2.25. The maximum atomic E-state index is 12.0. The van der Waals surface area contributed by atoms with Crippen LogP contribution in [0.1, 0.15) is 24.0 Å². The van der Waals surface area contributed by atoms with Gasteiger partial charge < -0.3 is 14.8 Å². The molecule has 1 aromatic heterocycles. The molecule has 2 heterocycles. The van der Waals surface area contributed by atoms with E-state index in [1.165, 1.54) is 6.08 Å². The summed E-state index contributed by atoms with van der Waals surface area (Å²) in [5.74, 6) is 0.687. The Kier molecular flexibility index (Phi) is 5.80. The molecule has 0 unspecified atom stereocenters. The van der Waals surface area contributed by atoms with Crippen LogP contribution in [0.3, 0.4) is 0 Å². The van der Waals surface area contributed by atoms with Crippen LogP contribution < -0.4 is 10.1 Å². The molecule has 1 aromatic carbocycles. The lowest BCUT2D eigenvalue weighted by molar-refractivity contribution is -0.111. The fourth-order valence-electron chi connectivity index (χ4n) is 2.66. The zero-order chi connectivity index (χ0) is 17.5. The molecule has 1 fully saturated rings. The zero-order valence-corrected chi connectivity index (χ0v) is 14.3. The van der Waals surface area contributed by atoms with Gasteiger partial charge in [-0.15, -0.1) is 0 Å². The lowest BCUT2D eigenvalue weighted by atomic mass is 10.1. The molecule has 1 aliphatic heterocycles. The largest absolute Gasteiger partial charge is 0.490 e. The number of nitrogens with zero attached hydrogens (tertiary/aromatic N) is 1. The summed E-state index contributed by atoms with van der Waals surface area (Å²) < 4.78 is 11.4. The van der Waals surface area contributed by atoms with Gasteiger partial charge >= 0.3 is 0 Å². The fourth-order valence-corrected chi connectivity index (χ4v) is 2.66. The second kappa shape index (κ2) is 8.44. The van der Waals surface area contributed by atoms with E-state index in [9.17, 15) is 4.79 Å². The van der Waals surface area contributed by atoms with Crippen LogP contribution in [0.2, 0.25) is 0 Å². The Balaban J connectivity index is 1.58. The summed E-state index contributed by atoms with van der Waals surface area (Å²) in [7, 11) is 0. The third-order valence-corrected chi connectivity index (χ3v) is 4.04. The SMILES string of the molecule is Cc1cc(NC(=O)C=Cc2ccncc2)ccc1OC1CCOCC1. The number of benzene rings is 1. The van der Waals surface area contributed by atoms with Gasteiger partial charge in [0.2, 0.25) is 5.91 Å². The van der Waals surface area contributed by atoms with Crippen molar-refractivity contribution < 1.29 is 14.3 Å². The first-order chi connectivity index (χ1) is 12.2. The molecule has 0 aliphatic carbocycles. The van der Waals surface area contributed by atoms with Crippen LogP contribution >= 0.6 is 0 Å². The minimum atomic E-state index is -0.172. The second-order valence-corrected chi connectivity index (χ2v) is 6.01. The molecule has 2 aromatic rings. The van der Waals surface area contributed by atoms with E-state index < -0.39 is 0 Å². The van der Waals surface area contributed by atoms with Crippen LogP contribution in [0.5, 0.6) is 5.75 Å². The van der Waals surface area contributed by atoms with E-state index in [2.05, 4.69) is 10.3 Å². The number of amides is 1. The van der Waals surface area contributed by atoms with Gasteiger partial charge in [-0.05, 0) is 54.5 Å². The van der Waals surface area contributed by atoms with Crippen molar-refractivity contribution >= 4 is 17.7 Å². The number of aromatic nitrogens is 1. The highest BCUT2D eigenvalue weighted by atomic mass is 16.5. The molecule has 5 nitrogen and oxygen atoms in total. The van der Waals surface area contributed by atoms with Crippen molar-refractivity contribution in [2.24, 2.45) is 0 Å². The van der Waals surface area contributed by atoms with Crippen molar-refractivity contribution in [1.82, 2.24) is 4.98 Å². The molecule has 0 spiro atoms. The number of carbonyl (C=O) groups excluding carboxylic acids is 1. The van der Waals surface area contributed by atoms with Crippen molar-refractivity contribution in [3.8, 4) is 5.75 Å². The first-order valence-corrected chi connectivity index (χ1v) is 8.45. The molecule has 1 amide bonds. The molecule has 0 saturated carbocycles. The van der Waals surface area contributed by atoms with Gasteiger partial charge in [0.25, 0.3) is 0 Å². The summed E-state index contributed by atoms with van der Waals surface area (Å²) in [4.78, 5) is 16.0. The Morgan fingerprint density at radius 1 is 1.24 bits per heavy atom. The van der Waals surface area contributed by atoms with E-state index in [0.717, 1.165) is 48.6 Å². The van der Waals surface area contributed by atoms with E-state index in [0.29, 0.717) is 0 Å². The van der Waals surface area contributed by atoms with Crippen molar-refractivity contribution in [2.45, 2.75) is 25.9 Å². The highest BCUT2D eigenvalue weighted by molar-refractivity contribution is 6.02. The number of hydrogen-bond donors (Lipinski definition) is 1. The summed E-state index contributed by atoms with van der Waals surface area (Å²) in [6, 6.07) is 9.38. The minimum absolute atomic E-state index is 0.172. The van der Waals surface area contributed by atoms with Gasteiger partial charge in [0, 0.05) is 37.0 Å². The topological polar surface area (TPSA) is 60.5 Å². The molecule has 0 bridgehead atoms. The van der Waals surface area contributed by atoms with Crippen molar-refractivity contribution in [1.29, 1.82) is 0 Å². The van der Waals surface area contributed by atoms with E-state index in [1.807, 2.05) is 37.3 Å². The summed E-state index contributed by atoms with van der Waals surface area (Å²) in [6.07, 6.45) is 8.69. The van der Waals surface area contributed by atoms with Gasteiger partial charge in [-0.3, -0.25) is 9.78 Å². The average molecular weight is 338 g/mol. The monoisotopic (exact) mass is 338 g/mol. The van der Waals surface area contributed by atoms with Gasteiger partial charge in [0.15, 0.2) is 0 Å². The van der Waals surface area contributed by atoms with Crippen LogP contribution in [0, 0.1) is 6.92 Å². The highest BCUT2D eigenvalue weighted by Gasteiger charge is 2.16. The normalized spacial score (nSPS) is 15.2. The molecule has 1 aliphatic rings. The number of hydrogen-bond acceptors (Lipinski definition) is 4. The molecular weight excluding hydrogens is 316 g/mol. The number of aryl methyl sites for hydroxylation is 1. The van der Waals surface area contributed by atoms with E-state index in [4.69, 9.17) is 9.47 Å². The Bertz CT molecular complexity index is 738. The molecule has 130 valence electrons. The Morgan fingerprint density at radius 2 is 2.00 bits per heavy atom. The van der Waals surface area contributed by atoms with Crippen LogP contribution in [0.15, 0.2) is 48.8 Å². The quantitative estimate of drug-likeness (QED) is 0.846. The third kappa shape index (κ3) is 5.16. The van der Waals surface area contributed by atoms with Gasteiger partial charge in [-0.1, -0.05) is 0 Å². The summed E-state index contributed by atoms with van der Waals surface area (Å²) in [6.45, 7) is 3.49. The lowest BCUT2D eigenvalue weighted by Crippen LogP contribution is -2.26. The minimum Gasteiger partial charge on any atom is -0.490 e. The number of rotatable bonds is 5. The van der Waals surface area contributed by atoms with E-state index in [1.54, 1.807) is 18.5 Å². The molecule has 5 heteroatoms. The summed E-state index contributed by atoms with van der Waals surface area (Å²) in [5, 5.41) is 2.87. The second-order valence-electron chi connectivity index (χ2n) is 6.01. The van der Waals surface area contributed by atoms with Crippen molar-refractivity contribution in [3.63, 3.8) is 0 Å². The van der Waals surface area contributed by atoms with Crippen molar-refractivity contribution in [2.75, 3.05) is 18.5 Å². The Hall–Kier alpha value is -2.66. The molecule has 1 saturated heterocycles. The Morgan fingerprint density at radius 3 is 2.72 bits per heavy atom. The molecule has 1 N–H and O–H groups in total. The maximum absolute atomic E-state index is 12.0. The maximum Gasteiger partial charge on any atom is 0.248 e. The first-order valence-electron chi connectivity index (χ1n) is 8.45. The van der Waals surface area contributed by atoms with Gasteiger partial charge in [-0.2, -0.15) is 0 Å². The molecule has 0 radical (unpaired) electrons. The number of ether oxygens (including phenoxy) is 2. The van der Waals surface area contributed by atoms with E-state index in [-0.39, 0.29) is 12.0 Å². The average Bonchev–Trinajstić information content (AvgIpc) is 2.64. The van der Waals surface area contributed by atoms with Crippen LogP contribution in [-0.2, 0) is 9.53 Å². The summed E-state index contributed by atoms with van der Waals surface area (Å²) in [5.41, 5.74) is 2.69. The molecular formula is C20H22N2O3. The summed E-state index contributed by atoms with van der Waals surface area (Å²) >= 11 is 0. The predicted molar refractivity (Wildman–Crippen MR) is 97.5 cm³/mol. The van der Waals surface area contributed by atoms with Crippen LogP contribution in [0.25, 0.3) is 6.08 Å². The standard InChI is InChI=1S/C20H22N2O3/c1-15-14-17(3-4-19(15)25-18-8-12-24-13-9-18)22-20(23)5-2-16-6-10-21-11-7-16/h2-7,10-11,14,18H,8-9,12-13H2,1H3,(H,22,23). The van der Waals surface area contributed by atoms with Gasteiger partial charge in [0.05, 0.1) is 13.2 Å². The van der Waals surface area contributed by atoms with Crippen LogP contribution in [-0.4, -0.2) is 30.2 Å². The molecule has 3 rings (SSSR count). The van der Waals surface area contributed by atoms with Crippen molar-refractivity contribution in [3.05, 3.63) is 59.9 Å². The van der Waals surface area contributed by atoms with Gasteiger partial charge in [-0.25, -0.2) is 0 Å². The molecule has 0 atom stereocenters. The zero-order valence-electron chi connectivity index (χ0n) is 14.3. The third-order valence-electron chi connectivity index (χ3n) is 4.04. The number of pyridine rings is 1. The fraction of sp³-hybridized carbons (Fsp3) is 0.300. The van der Waals surface area contributed by atoms with Crippen LogP contribution in [0.4, 0.5) is 5.69 Å². The number of anilines is 1. The number of carbonyl (C=O) groups is 1. The number of nitrogens with one attached hydrogen (secondary N) is 1. The smallest absolute Gasteiger partial charge is 0.248 e. The lowest BCUT2D eigenvalue weighted by Gasteiger charge is -2.24. The van der Waals surface area contributed by atoms with Gasteiger partial charge in [0.1, 0.15) is 11.9 Å².